The van der Waals surface area contributed by atoms with Crippen LogP contribution in [0, 0.1) is 0 Å². The van der Waals surface area contributed by atoms with Crippen LogP contribution < -0.4 is 4.74 Å². The molecule has 0 aliphatic rings. The quantitative estimate of drug-likeness (QED) is 0.101. The Balaban J connectivity index is 2.25. The predicted octanol–water partition coefficient (Wildman–Crippen LogP) is 13.7. The van der Waals surface area contributed by atoms with Crippen LogP contribution in [0.4, 0.5) is 0 Å². The van der Waals surface area contributed by atoms with E-state index in [0.717, 1.165) is 38.0 Å². The zero-order valence-electron chi connectivity index (χ0n) is 33.1. The van der Waals surface area contributed by atoms with Gasteiger partial charge in [-0.1, -0.05) is 166 Å². The zero-order valence-corrected chi connectivity index (χ0v) is 34.7. The van der Waals surface area contributed by atoms with E-state index in [1.54, 1.807) is 11.8 Å². The second-order valence-corrected chi connectivity index (χ2v) is 20.2. The van der Waals surface area contributed by atoms with Gasteiger partial charge in [-0.05, 0) is 57.6 Å². The third-order valence-corrected chi connectivity index (χ3v) is 11.0. The van der Waals surface area contributed by atoms with E-state index in [2.05, 4.69) is 114 Å². The Bertz CT molecular complexity index is 1260. The van der Waals surface area contributed by atoms with Crippen molar-refractivity contribution in [2.24, 2.45) is 0 Å². The average molecular weight is 699 g/mol. The summed E-state index contributed by atoms with van der Waals surface area (Å²) in [6.07, 6.45) is 13.8. The van der Waals surface area contributed by atoms with Crippen molar-refractivity contribution in [1.29, 1.82) is 0 Å². The third-order valence-electron chi connectivity index (χ3n) is 8.96. The maximum absolute atomic E-state index is 13.4. The molecule has 272 valence electrons. The van der Waals surface area contributed by atoms with Crippen LogP contribution in [-0.2, 0) is 26.5 Å². The van der Waals surface area contributed by atoms with Crippen LogP contribution in [-0.4, -0.2) is 22.6 Å². The molecule has 0 amide bonds. The SMILES string of the molecule is CCCCCCCCCCCCSCCC(=O)Oc1c(Sc2cc(C(C)(C)C)c(O)c(C(C)(C)C)c2)cc(C(C)(C)C)cc1C(C)(C)C. The summed E-state index contributed by atoms with van der Waals surface area (Å²) >= 11 is 3.51. The van der Waals surface area contributed by atoms with Gasteiger partial charge in [0.15, 0.2) is 0 Å². The summed E-state index contributed by atoms with van der Waals surface area (Å²) in [7, 11) is 0. The number of hydrogen-bond acceptors (Lipinski definition) is 5. The van der Waals surface area contributed by atoms with E-state index in [1.807, 2.05) is 11.8 Å². The number of aromatic hydroxyl groups is 1. The number of hydrogen-bond donors (Lipinski definition) is 1. The standard InChI is InChI=1S/C43H70O3S2/c1-14-15-16-17-18-19-20-21-22-23-25-47-26-24-37(44)46-39-35(43(11,12)13)27-31(40(2,3)4)28-36(39)48-32-29-33(41(5,6)7)38(45)34(30-32)42(8,9)10/h27-30,45H,14-26H2,1-13H3. The second-order valence-electron chi connectivity index (χ2n) is 17.8. The van der Waals surface area contributed by atoms with Gasteiger partial charge in [0.25, 0.3) is 0 Å². The maximum Gasteiger partial charge on any atom is 0.312 e. The van der Waals surface area contributed by atoms with Crippen LogP contribution in [0.25, 0.3) is 0 Å². The number of rotatable bonds is 17. The van der Waals surface area contributed by atoms with Gasteiger partial charge in [-0.2, -0.15) is 11.8 Å². The predicted molar refractivity (Wildman–Crippen MR) is 213 cm³/mol. The van der Waals surface area contributed by atoms with Gasteiger partial charge in [-0.15, -0.1) is 0 Å². The highest BCUT2D eigenvalue weighted by Crippen LogP contribution is 2.48. The van der Waals surface area contributed by atoms with E-state index in [4.69, 9.17) is 4.74 Å². The number of phenols is 1. The molecule has 1 N–H and O–H groups in total. The van der Waals surface area contributed by atoms with Crippen molar-refractivity contribution >= 4 is 29.5 Å². The lowest BCUT2D eigenvalue weighted by molar-refractivity contribution is -0.134. The summed E-state index contributed by atoms with van der Waals surface area (Å²) < 4.78 is 6.35. The molecule has 48 heavy (non-hydrogen) atoms. The van der Waals surface area contributed by atoms with E-state index in [-0.39, 0.29) is 27.6 Å². The highest BCUT2D eigenvalue weighted by molar-refractivity contribution is 7.99. The number of thioether (sulfide) groups is 1. The minimum atomic E-state index is -0.231. The lowest BCUT2D eigenvalue weighted by atomic mass is 9.79. The highest BCUT2D eigenvalue weighted by Gasteiger charge is 2.30. The first kappa shape index (κ1) is 42.6. The molecule has 2 aromatic carbocycles. The highest BCUT2D eigenvalue weighted by atomic mass is 32.2. The Hall–Kier alpha value is -1.59. The fourth-order valence-electron chi connectivity index (χ4n) is 5.82. The molecule has 0 saturated heterocycles. The van der Waals surface area contributed by atoms with Crippen molar-refractivity contribution in [2.45, 2.75) is 192 Å². The largest absolute Gasteiger partial charge is 0.507 e. The van der Waals surface area contributed by atoms with Crippen molar-refractivity contribution in [3.05, 3.63) is 46.5 Å². The van der Waals surface area contributed by atoms with Crippen LogP contribution in [0.2, 0.25) is 0 Å². The van der Waals surface area contributed by atoms with Gasteiger partial charge in [0.05, 0.1) is 11.3 Å². The van der Waals surface area contributed by atoms with Crippen molar-refractivity contribution in [2.75, 3.05) is 11.5 Å². The molecule has 0 saturated carbocycles. The first-order chi connectivity index (χ1) is 22.2. The Morgan fingerprint density at radius 2 is 1.10 bits per heavy atom. The van der Waals surface area contributed by atoms with E-state index in [0.29, 0.717) is 17.9 Å². The molecule has 2 rings (SSSR count). The molecule has 0 spiro atoms. The number of carbonyl (C=O) groups excluding carboxylic acids is 1. The minimum absolute atomic E-state index is 0.0782. The fraction of sp³-hybridized carbons (Fsp3) is 0.698. The third kappa shape index (κ3) is 14.0. The molecule has 0 atom stereocenters. The lowest BCUT2D eigenvalue weighted by Crippen LogP contribution is -2.20. The van der Waals surface area contributed by atoms with Gasteiger partial charge in [-0.3, -0.25) is 4.79 Å². The van der Waals surface area contributed by atoms with Crippen molar-refractivity contribution < 1.29 is 14.6 Å². The van der Waals surface area contributed by atoms with E-state index in [1.165, 1.54) is 69.8 Å². The molecule has 0 aliphatic carbocycles. The van der Waals surface area contributed by atoms with Crippen LogP contribution in [0.3, 0.4) is 0 Å². The average Bonchev–Trinajstić information content (AvgIpc) is 2.94. The van der Waals surface area contributed by atoms with Crippen LogP contribution in [0.5, 0.6) is 11.5 Å². The number of carbonyl (C=O) groups is 1. The smallest absolute Gasteiger partial charge is 0.312 e. The van der Waals surface area contributed by atoms with Gasteiger partial charge < -0.3 is 9.84 Å². The molecule has 0 unspecified atom stereocenters. The summed E-state index contributed by atoms with van der Waals surface area (Å²) in [6, 6.07) is 8.69. The molecule has 0 fully saturated rings. The first-order valence-corrected chi connectivity index (χ1v) is 20.7. The minimum Gasteiger partial charge on any atom is -0.507 e. The molecular formula is C43H70O3S2. The van der Waals surface area contributed by atoms with Gasteiger partial charge in [0.1, 0.15) is 11.5 Å². The van der Waals surface area contributed by atoms with Gasteiger partial charge >= 0.3 is 5.97 Å². The molecule has 0 aliphatic heterocycles. The van der Waals surface area contributed by atoms with Crippen LogP contribution >= 0.6 is 23.5 Å². The molecule has 0 heterocycles. The second kappa shape index (κ2) is 18.6. The topological polar surface area (TPSA) is 46.5 Å². The summed E-state index contributed by atoms with van der Waals surface area (Å²) in [5.41, 5.74) is 3.36. The summed E-state index contributed by atoms with van der Waals surface area (Å²) in [6.45, 7) is 28.4. The maximum atomic E-state index is 13.4. The Labute approximate surface area is 304 Å². The molecule has 0 aromatic heterocycles. The molecular weight excluding hydrogens is 629 g/mol. The van der Waals surface area contributed by atoms with E-state index < -0.39 is 0 Å². The summed E-state index contributed by atoms with van der Waals surface area (Å²) in [5, 5.41) is 11.4. The molecule has 5 heteroatoms. The van der Waals surface area contributed by atoms with Gasteiger partial charge in [0.2, 0.25) is 0 Å². The molecule has 0 bridgehead atoms. The monoisotopic (exact) mass is 698 g/mol. The summed E-state index contributed by atoms with van der Waals surface area (Å²) in [5.74, 6) is 2.77. The van der Waals surface area contributed by atoms with Crippen molar-refractivity contribution in [3.63, 3.8) is 0 Å². The van der Waals surface area contributed by atoms with Gasteiger partial charge in [-0.25, -0.2) is 0 Å². The number of benzene rings is 2. The molecule has 2 aromatic rings. The first-order valence-electron chi connectivity index (χ1n) is 18.7. The fourth-order valence-corrected chi connectivity index (χ4v) is 7.79. The Kier molecular flexibility index (Phi) is 16.5. The van der Waals surface area contributed by atoms with Crippen LogP contribution in [0.1, 0.15) is 183 Å². The number of ether oxygens (including phenoxy) is 1. The Morgan fingerprint density at radius 1 is 0.625 bits per heavy atom. The van der Waals surface area contributed by atoms with Crippen molar-refractivity contribution in [1.82, 2.24) is 0 Å². The number of unbranched alkanes of at least 4 members (excludes halogenated alkanes) is 9. The molecule has 0 radical (unpaired) electrons. The summed E-state index contributed by atoms with van der Waals surface area (Å²) in [4.78, 5) is 15.4. The normalized spacial score (nSPS) is 12.9. The number of phenolic OH excluding ortho intramolecular Hbond substituents is 1. The van der Waals surface area contributed by atoms with E-state index >= 15 is 0 Å². The van der Waals surface area contributed by atoms with Crippen LogP contribution in [0.15, 0.2) is 34.1 Å². The molecule has 3 nitrogen and oxygen atoms in total. The Morgan fingerprint density at radius 3 is 1.56 bits per heavy atom. The lowest BCUT2D eigenvalue weighted by Gasteiger charge is -2.30. The zero-order chi connectivity index (χ0) is 36.3. The number of esters is 1. The van der Waals surface area contributed by atoms with Gasteiger partial charge in [0, 0.05) is 27.3 Å². The van der Waals surface area contributed by atoms with E-state index in [9.17, 15) is 9.90 Å². The van der Waals surface area contributed by atoms with Crippen molar-refractivity contribution in [3.8, 4) is 11.5 Å².